The smallest absolute Gasteiger partial charge is 0.322 e. The standard InChI is InChI=1S/C10H20Cl5N2O2P/c11-2-1-10(15)9-17(8-5-14)20(18,19)16(6-3-12)7-4-13/h10H,1-9H2,(H,18,19). The summed E-state index contributed by atoms with van der Waals surface area (Å²) in [6.45, 7) is 1.02. The van der Waals surface area contributed by atoms with Crippen molar-refractivity contribution in [2.75, 3.05) is 49.7 Å². The zero-order valence-electron chi connectivity index (χ0n) is 11.0. The van der Waals surface area contributed by atoms with Crippen molar-refractivity contribution in [1.29, 1.82) is 0 Å². The summed E-state index contributed by atoms with van der Waals surface area (Å²) in [5.74, 6) is 1.10. The fraction of sp³-hybridized carbons (Fsp3) is 1.00. The Morgan fingerprint density at radius 1 is 0.900 bits per heavy atom. The third-order valence-corrected chi connectivity index (χ3v) is 5.91. The number of hydrogen-bond donors (Lipinski definition) is 1. The molecule has 0 aromatic heterocycles. The molecule has 0 aliphatic rings. The SMILES string of the molecule is O=P(O)(N(CCCl)CCCl)N(CCCl)CC(Cl)CCCl. The minimum atomic E-state index is -3.75. The van der Waals surface area contributed by atoms with Crippen LogP contribution in [0.3, 0.4) is 0 Å². The molecule has 0 spiro atoms. The summed E-state index contributed by atoms with van der Waals surface area (Å²) in [7, 11) is -3.75. The van der Waals surface area contributed by atoms with Gasteiger partial charge in [-0.05, 0) is 6.42 Å². The molecule has 2 atom stereocenters. The minimum absolute atomic E-state index is 0.227. The Labute approximate surface area is 145 Å². The Bertz CT molecular complexity index is 295. The molecule has 4 nitrogen and oxygen atoms in total. The molecule has 10 heteroatoms. The summed E-state index contributed by atoms with van der Waals surface area (Å²) in [6, 6.07) is 0. The minimum Gasteiger partial charge on any atom is -0.322 e. The second-order valence-electron chi connectivity index (χ2n) is 4.02. The average Bonchev–Trinajstić information content (AvgIpc) is 2.38. The van der Waals surface area contributed by atoms with Gasteiger partial charge in [0.2, 0.25) is 0 Å². The highest BCUT2D eigenvalue weighted by Gasteiger charge is 2.35. The van der Waals surface area contributed by atoms with Crippen LogP contribution in [0.4, 0.5) is 0 Å². The molecule has 0 heterocycles. The van der Waals surface area contributed by atoms with E-state index in [4.69, 9.17) is 58.0 Å². The van der Waals surface area contributed by atoms with Crippen molar-refractivity contribution in [1.82, 2.24) is 9.34 Å². The summed E-state index contributed by atoms with van der Waals surface area (Å²) in [5, 5.41) is -0.315. The maximum atomic E-state index is 12.7. The molecule has 0 aromatic carbocycles. The van der Waals surface area contributed by atoms with E-state index in [1.165, 1.54) is 9.34 Å². The molecule has 2 unspecified atom stereocenters. The predicted molar refractivity (Wildman–Crippen MR) is 90.1 cm³/mol. The van der Waals surface area contributed by atoms with Gasteiger partial charge in [-0.2, -0.15) is 0 Å². The lowest BCUT2D eigenvalue weighted by molar-refractivity contribution is 0.281. The van der Waals surface area contributed by atoms with E-state index in [1.54, 1.807) is 0 Å². The van der Waals surface area contributed by atoms with Crippen molar-refractivity contribution in [3.8, 4) is 0 Å². The first-order valence-corrected chi connectivity index (χ1v) is 10.3. The molecule has 0 bridgehead atoms. The van der Waals surface area contributed by atoms with Gasteiger partial charge in [-0.25, -0.2) is 9.34 Å². The van der Waals surface area contributed by atoms with Crippen molar-refractivity contribution in [3.05, 3.63) is 0 Å². The maximum Gasteiger partial charge on any atom is 0.343 e. The van der Waals surface area contributed by atoms with Gasteiger partial charge in [-0.3, -0.25) is 4.57 Å². The van der Waals surface area contributed by atoms with Gasteiger partial charge in [0.1, 0.15) is 0 Å². The van der Waals surface area contributed by atoms with Crippen molar-refractivity contribution >= 4 is 65.7 Å². The monoisotopic (exact) mass is 406 g/mol. The molecule has 0 saturated carbocycles. The first-order valence-electron chi connectivity index (χ1n) is 6.15. The Balaban J connectivity index is 4.94. The van der Waals surface area contributed by atoms with E-state index in [9.17, 15) is 9.46 Å². The molecule has 0 fully saturated rings. The highest BCUT2D eigenvalue weighted by atomic mass is 35.5. The van der Waals surface area contributed by atoms with Crippen LogP contribution in [0.15, 0.2) is 0 Å². The first kappa shape index (κ1) is 21.6. The van der Waals surface area contributed by atoms with Gasteiger partial charge in [0, 0.05) is 55.1 Å². The van der Waals surface area contributed by atoms with Crippen LogP contribution in [-0.4, -0.2) is 69.3 Å². The summed E-state index contributed by atoms with van der Waals surface area (Å²) in [5.41, 5.74) is 0. The lowest BCUT2D eigenvalue weighted by atomic mass is 10.3. The molecule has 122 valence electrons. The Hall–Kier alpha value is 1.56. The van der Waals surface area contributed by atoms with E-state index in [1.807, 2.05) is 0 Å². The molecule has 0 aromatic rings. The average molecular weight is 409 g/mol. The molecular formula is C10H20Cl5N2O2P. The van der Waals surface area contributed by atoms with Crippen LogP contribution in [0.2, 0.25) is 0 Å². The van der Waals surface area contributed by atoms with Gasteiger partial charge >= 0.3 is 7.67 Å². The second-order valence-corrected chi connectivity index (χ2v) is 8.31. The van der Waals surface area contributed by atoms with Crippen molar-refractivity contribution in [2.45, 2.75) is 11.8 Å². The maximum absolute atomic E-state index is 12.7. The molecule has 0 amide bonds. The summed E-state index contributed by atoms with van der Waals surface area (Å²) >= 11 is 28.8. The topological polar surface area (TPSA) is 43.8 Å². The number of rotatable bonds is 12. The normalized spacial score (nSPS) is 16.6. The Morgan fingerprint density at radius 3 is 1.75 bits per heavy atom. The van der Waals surface area contributed by atoms with E-state index in [-0.39, 0.29) is 49.2 Å². The van der Waals surface area contributed by atoms with E-state index in [0.29, 0.717) is 12.3 Å². The Kier molecular flexibility index (Phi) is 13.0. The summed E-state index contributed by atoms with van der Waals surface area (Å²) in [4.78, 5) is 10.4. The van der Waals surface area contributed by atoms with E-state index < -0.39 is 7.67 Å². The van der Waals surface area contributed by atoms with Gasteiger partial charge in [0.15, 0.2) is 0 Å². The Morgan fingerprint density at radius 2 is 1.35 bits per heavy atom. The third kappa shape index (κ3) is 7.71. The van der Waals surface area contributed by atoms with Gasteiger partial charge in [-0.1, -0.05) is 0 Å². The van der Waals surface area contributed by atoms with Gasteiger partial charge in [-0.15, -0.1) is 58.0 Å². The fourth-order valence-corrected chi connectivity index (χ4v) is 5.17. The number of alkyl halides is 5. The number of halogens is 5. The molecule has 0 radical (unpaired) electrons. The van der Waals surface area contributed by atoms with Crippen LogP contribution in [0, 0.1) is 0 Å². The van der Waals surface area contributed by atoms with E-state index >= 15 is 0 Å². The fourth-order valence-electron chi connectivity index (χ4n) is 1.61. The van der Waals surface area contributed by atoms with E-state index in [0.717, 1.165) is 0 Å². The predicted octanol–water partition coefficient (Wildman–Crippen LogP) is 3.64. The van der Waals surface area contributed by atoms with Crippen molar-refractivity contribution < 1.29 is 9.46 Å². The van der Waals surface area contributed by atoms with Gasteiger partial charge in [0.25, 0.3) is 0 Å². The van der Waals surface area contributed by atoms with Crippen LogP contribution >= 0.6 is 65.7 Å². The third-order valence-electron chi connectivity index (χ3n) is 2.60. The molecule has 0 aliphatic carbocycles. The molecule has 20 heavy (non-hydrogen) atoms. The second kappa shape index (κ2) is 12.0. The highest BCUT2D eigenvalue weighted by Crippen LogP contribution is 2.49. The first-order chi connectivity index (χ1) is 9.43. The van der Waals surface area contributed by atoms with Crippen LogP contribution in [0.25, 0.3) is 0 Å². The number of hydrogen-bond acceptors (Lipinski definition) is 1. The molecule has 1 N–H and O–H groups in total. The van der Waals surface area contributed by atoms with Crippen LogP contribution < -0.4 is 0 Å². The summed E-state index contributed by atoms with van der Waals surface area (Å²) in [6.07, 6.45) is 0.549. The molecular weight excluding hydrogens is 388 g/mol. The van der Waals surface area contributed by atoms with Crippen molar-refractivity contribution in [2.24, 2.45) is 0 Å². The largest absolute Gasteiger partial charge is 0.343 e. The zero-order chi connectivity index (χ0) is 15.6. The quantitative estimate of drug-likeness (QED) is 0.396. The van der Waals surface area contributed by atoms with E-state index in [2.05, 4.69) is 0 Å². The molecule has 0 saturated heterocycles. The summed E-state index contributed by atoms with van der Waals surface area (Å²) < 4.78 is 15.4. The highest BCUT2D eigenvalue weighted by molar-refractivity contribution is 7.52. The molecule has 0 aliphatic heterocycles. The van der Waals surface area contributed by atoms with Crippen LogP contribution in [0.5, 0.6) is 0 Å². The van der Waals surface area contributed by atoms with Crippen LogP contribution in [-0.2, 0) is 4.57 Å². The lowest BCUT2D eigenvalue weighted by Gasteiger charge is -2.35. The van der Waals surface area contributed by atoms with Gasteiger partial charge in [0.05, 0.1) is 0 Å². The lowest BCUT2D eigenvalue weighted by Crippen LogP contribution is -2.38. The van der Waals surface area contributed by atoms with Crippen LogP contribution in [0.1, 0.15) is 6.42 Å². The molecule has 0 rings (SSSR count). The zero-order valence-corrected chi connectivity index (χ0v) is 15.7. The van der Waals surface area contributed by atoms with Crippen molar-refractivity contribution in [3.63, 3.8) is 0 Å². The van der Waals surface area contributed by atoms with Gasteiger partial charge < -0.3 is 4.89 Å². The number of nitrogens with zero attached hydrogens (tertiary/aromatic N) is 2.